The Kier molecular flexibility index (Phi) is 6.66. The van der Waals surface area contributed by atoms with Gasteiger partial charge in [0.15, 0.2) is 5.78 Å². The summed E-state index contributed by atoms with van der Waals surface area (Å²) in [7, 11) is 4.18. The van der Waals surface area contributed by atoms with Crippen LogP contribution in [0.2, 0.25) is 0 Å². The van der Waals surface area contributed by atoms with Crippen molar-refractivity contribution in [3.8, 4) is 11.5 Å². The second-order valence-corrected chi connectivity index (χ2v) is 8.24. The second-order valence-electron chi connectivity index (χ2n) is 8.24. The van der Waals surface area contributed by atoms with E-state index in [1.165, 1.54) is 17.6 Å². The molecule has 4 nitrogen and oxygen atoms in total. The highest BCUT2D eigenvalue weighted by molar-refractivity contribution is 5.97. The Morgan fingerprint density at radius 3 is 2.50 bits per heavy atom. The molecule has 0 N–H and O–H groups in total. The van der Waals surface area contributed by atoms with Gasteiger partial charge in [-0.1, -0.05) is 12.1 Å². The van der Waals surface area contributed by atoms with E-state index >= 15 is 0 Å². The molecule has 4 aromatic rings. The molecule has 0 aliphatic heterocycles. The minimum absolute atomic E-state index is 0.0563. The first-order valence-electron chi connectivity index (χ1n) is 10.8. The van der Waals surface area contributed by atoms with E-state index in [4.69, 9.17) is 4.74 Å². The van der Waals surface area contributed by atoms with Gasteiger partial charge in [0, 0.05) is 35.6 Å². The first kappa shape index (κ1) is 21.8. The maximum atomic E-state index is 13.3. The predicted molar refractivity (Wildman–Crippen MR) is 126 cm³/mol. The molecule has 1 aromatic heterocycles. The minimum Gasteiger partial charge on any atom is -0.457 e. The molecule has 0 saturated heterocycles. The zero-order chi connectivity index (χ0) is 22.5. The number of hydrogen-bond acceptors (Lipinski definition) is 3. The number of halogens is 1. The van der Waals surface area contributed by atoms with Gasteiger partial charge in [0.25, 0.3) is 0 Å². The van der Waals surface area contributed by atoms with Crippen LogP contribution in [0.1, 0.15) is 22.3 Å². The summed E-state index contributed by atoms with van der Waals surface area (Å²) >= 11 is 0. The molecule has 0 atom stereocenters. The van der Waals surface area contributed by atoms with Crippen LogP contribution in [0, 0.1) is 5.82 Å². The number of aromatic nitrogens is 1. The van der Waals surface area contributed by atoms with Crippen molar-refractivity contribution in [1.29, 1.82) is 0 Å². The van der Waals surface area contributed by atoms with Crippen LogP contribution in [0.15, 0.2) is 79.0 Å². The molecule has 0 radical (unpaired) electrons. The molecule has 0 spiro atoms. The average molecular weight is 431 g/mol. The third-order valence-electron chi connectivity index (χ3n) is 5.41. The molecule has 0 unspecified atom stereocenters. The monoisotopic (exact) mass is 430 g/mol. The first-order valence-corrected chi connectivity index (χ1v) is 10.8. The molecular weight excluding hydrogens is 403 g/mol. The fraction of sp³-hybridized carbons (Fsp3) is 0.222. The number of rotatable bonds is 9. The normalized spacial score (nSPS) is 11.2. The van der Waals surface area contributed by atoms with Crippen LogP contribution in [0.3, 0.4) is 0 Å². The second kappa shape index (κ2) is 9.79. The van der Waals surface area contributed by atoms with Crippen molar-refractivity contribution in [3.05, 3.63) is 95.9 Å². The van der Waals surface area contributed by atoms with E-state index in [-0.39, 0.29) is 18.0 Å². The molecule has 32 heavy (non-hydrogen) atoms. The summed E-state index contributed by atoms with van der Waals surface area (Å²) in [6.07, 6.45) is 3.38. The Morgan fingerprint density at radius 1 is 0.969 bits per heavy atom. The number of aryl methyl sites for hydroxylation is 1. The average Bonchev–Trinajstić information content (AvgIpc) is 3.16. The number of fused-ring (bicyclic) bond motifs is 1. The van der Waals surface area contributed by atoms with E-state index in [1.54, 1.807) is 36.4 Å². The van der Waals surface area contributed by atoms with Gasteiger partial charge in [0.1, 0.15) is 17.3 Å². The molecule has 0 aliphatic rings. The fourth-order valence-electron chi connectivity index (χ4n) is 3.77. The Bertz CT molecular complexity index is 1210. The van der Waals surface area contributed by atoms with E-state index in [0.717, 1.165) is 30.6 Å². The molecule has 5 heteroatoms. The zero-order valence-electron chi connectivity index (χ0n) is 18.4. The van der Waals surface area contributed by atoms with Crippen molar-refractivity contribution in [3.63, 3.8) is 0 Å². The molecule has 164 valence electrons. The molecule has 0 bridgehead atoms. The highest BCUT2D eigenvalue weighted by atomic mass is 19.1. The SMILES string of the molecule is CN(C)CCCn1ccc2cc(Oc3ccc(C(=O)Cc4cccc(F)c4)cc3)ccc21. The molecule has 0 aliphatic carbocycles. The lowest BCUT2D eigenvalue weighted by molar-refractivity contribution is 0.0993. The highest BCUT2D eigenvalue weighted by Crippen LogP contribution is 2.27. The molecular formula is C27H27FN2O2. The van der Waals surface area contributed by atoms with Crippen molar-refractivity contribution in [2.45, 2.75) is 19.4 Å². The van der Waals surface area contributed by atoms with Gasteiger partial charge >= 0.3 is 0 Å². The smallest absolute Gasteiger partial charge is 0.167 e. The Balaban J connectivity index is 1.40. The summed E-state index contributed by atoms with van der Waals surface area (Å²) in [6.45, 7) is 2.04. The molecule has 3 aromatic carbocycles. The van der Waals surface area contributed by atoms with Crippen molar-refractivity contribution in [1.82, 2.24) is 9.47 Å². The Hall–Kier alpha value is -3.44. The third-order valence-corrected chi connectivity index (χ3v) is 5.41. The van der Waals surface area contributed by atoms with E-state index in [1.807, 2.05) is 12.1 Å². The summed E-state index contributed by atoms with van der Waals surface area (Å²) in [5.74, 6) is 1.03. The van der Waals surface area contributed by atoms with Crippen molar-refractivity contribution < 1.29 is 13.9 Å². The Morgan fingerprint density at radius 2 is 1.75 bits per heavy atom. The molecule has 1 heterocycles. The van der Waals surface area contributed by atoms with Gasteiger partial charge in [-0.05, 0) is 93.3 Å². The lowest BCUT2D eigenvalue weighted by Gasteiger charge is -2.11. The summed E-state index contributed by atoms with van der Waals surface area (Å²) in [5.41, 5.74) is 2.43. The van der Waals surface area contributed by atoms with Gasteiger partial charge in [0.2, 0.25) is 0 Å². The number of Topliss-reactive ketones (excluding diaryl/α,β-unsaturated/α-hetero) is 1. The van der Waals surface area contributed by atoms with Crippen LogP contribution in [-0.4, -0.2) is 35.9 Å². The van der Waals surface area contributed by atoms with Gasteiger partial charge in [-0.25, -0.2) is 4.39 Å². The Labute approximate surface area is 187 Å². The summed E-state index contributed by atoms with van der Waals surface area (Å²) in [6, 6.07) is 21.4. The van der Waals surface area contributed by atoms with E-state index in [9.17, 15) is 9.18 Å². The number of benzene rings is 3. The van der Waals surface area contributed by atoms with Gasteiger partial charge in [-0.2, -0.15) is 0 Å². The van der Waals surface area contributed by atoms with Crippen LogP contribution in [-0.2, 0) is 13.0 Å². The van der Waals surface area contributed by atoms with E-state index < -0.39 is 0 Å². The highest BCUT2D eigenvalue weighted by Gasteiger charge is 2.09. The molecule has 0 fully saturated rings. The molecule has 0 amide bonds. The van der Waals surface area contributed by atoms with Gasteiger partial charge in [-0.3, -0.25) is 4.79 Å². The number of carbonyl (C=O) groups excluding carboxylic acids is 1. The minimum atomic E-state index is -0.333. The zero-order valence-corrected chi connectivity index (χ0v) is 18.4. The van der Waals surface area contributed by atoms with Crippen molar-refractivity contribution in [2.75, 3.05) is 20.6 Å². The lowest BCUT2D eigenvalue weighted by Crippen LogP contribution is -2.14. The lowest BCUT2D eigenvalue weighted by atomic mass is 10.0. The standard InChI is InChI=1S/C27H27FN2O2/c1-29(2)14-4-15-30-16-13-22-19-25(11-12-26(22)30)32-24-9-7-21(8-10-24)27(31)18-20-5-3-6-23(28)17-20/h3,5-13,16-17,19H,4,14-15,18H2,1-2H3. The number of carbonyl (C=O) groups is 1. The topological polar surface area (TPSA) is 34.5 Å². The van der Waals surface area contributed by atoms with Crippen LogP contribution >= 0.6 is 0 Å². The maximum Gasteiger partial charge on any atom is 0.167 e. The predicted octanol–water partition coefficient (Wildman–Crippen LogP) is 5.95. The summed E-state index contributed by atoms with van der Waals surface area (Å²) in [4.78, 5) is 14.7. The number of hydrogen-bond donors (Lipinski definition) is 0. The summed E-state index contributed by atoms with van der Waals surface area (Å²) < 4.78 is 21.6. The van der Waals surface area contributed by atoms with Gasteiger partial charge in [0.05, 0.1) is 0 Å². The van der Waals surface area contributed by atoms with E-state index in [0.29, 0.717) is 16.9 Å². The summed E-state index contributed by atoms with van der Waals surface area (Å²) in [5, 5.41) is 1.13. The van der Waals surface area contributed by atoms with Gasteiger partial charge in [-0.15, -0.1) is 0 Å². The number of nitrogens with zero attached hydrogens (tertiary/aromatic N) is 2. The van der Waals surface area contributed by atoms with Gasteiger partial charge < -0.3 is 14.2 Å². The first-order chi connectivity index (χ1) is 15.5. The van der Waals surface area contributed by atoms with E-state index in [2.05, 4.69) is 41.9 Å². The maximum absolute atomic E-state index is 13.3. The largest absolute Gasteiger partial charge is 0.457 e. The fourth-order valence-corrected chi connectivity index (χ4v) is 3.77. The number of ketones is 1. The van der Waals surface area contributed by atoms with Crippen LogP contribution in [0.25, 0.3) is 10.9 Å². The van der Waals surface area contributed by atoms with Crippen molar-refractivity contribution >= 4 is 16.7 Å². The van der Waals surface area contributed by atoms with Crippen LogP contribution in [0.4, 0.5) is 4.39 Å². The third kappa shape index (κ3) is 5.42. The van der Waals surface area contributed by atoms with Crippen LogP contribution in [0.5, 0.6) is 11.5 Å². The molecule has 0 saturated carbocycles. The number of ether oxygens (including phenoxy) is 1. The van der Waals surface area contributed by atoms with Crippen molar-refractivity contribution in [2.24, 2.45) is 0 Å². The quantitative estimate of drug-likeness (QED) is 0.308. The molecule has 4 rings (SSSR count). The van der Waals surface area contributed by atoms with Crippen LogP contribution < -0.4 is 4.74 Å².